The summed E-state index contributed by atoms with van der Waals surface area (Å²) < 4.78 is 5.45. The number of halogens is 1. The SMILES string of the molecule is O=C(O)[C@H]1CC[C@@H](NC(=O)C2(c3cccc(Cl)c3)CCOCC2)C1. The highest BCUT2D eigenvalue weighted by molar-refractivity contribution is 6.30. The Labute approximate surface area is 146 Å². The van der Waals surface area contributed by atoms with E-state index in [2.05, 4.69) is 5.32 Å². The number of hydrogen-bond donors (Lipinski definition) is 2. The zero-order chi connectivity index (χ0) is 17.2. The third-order valence-electron chi connectivity index (χ3n) is 5.28. The van der Waals surface area contributed by atoms with E-state index in [0.29, 0.717) is 50.3 Å². The van der Waals surface area contributed by atoms with Gasteiger partial charge in [0.2, 0.25) is 5.91 Å². The van der Waals surface area contributed by atoms with Gasteiger partial charge in [-0.3, -0.25) is 9.59 Å². The Morgan fingerprint density at radius 3 is 2.62 bits per heavy atom. The van der Waals surface area contributed by atoms with E-state index in [1.54, 1.807) is 6.07 Å². The molecule has 0 radical (unpaired) electrons. The largest absolute Gasteiger partial charge is 0.481 e. The second-order valence-electron chi connectivity index (χ2n) is 6.72. The van der Waals surface area contributed by atoms with Gasteiger partial charge in [0.25, 0.3) is 0 Å². The highest BCUT2D eigenvalue weighted by Crippen LogP contribution is 2.37. The first kappa shape index (κ1) is 17.2. The van der Waals surface area contributed by atoms with Gasteiger partial charge in [-0.05, 0) is 49.8 Å². The fourth-order valence-corrected chi connectivity index (χ4v) is 4.00. The summed E-state index contributed by atoms with van der Waals surface area (Å²) in [5.41, 5.74) is 0.258. The van der Waals surface area contributed by atoms with E-state index in [-0.39, 0.29) is 17.9 Å². The summed E-state index contributed by atoms with van der Waals surface area (Å²) >= 11 is 6.13. The van der Waals surface area contributed by atoms with Crippen molar-refractivity contribution in [2.75, 3.05) is 13.2 Å². The second-order valence-corrected chi connectivity index (χ2v) is 7.16. The maximum Gasteiger partial charge on any atom is 0.306 e. The van der Waals surface area contributed by atoms with Gasteiger partial charge < -0.3 is 15.2 Å². The number of hydrogen-bond acceptors (Lipinski definition) is 3. The minimum absolute atomic E-state index is 0.0379. The Hall–Kier alpha value is -1.59. The van der Waals surface area contributed by atoms with Crippen molar-refractivity contribution in [2.24, 2.45) is 5.92 Å². The number of carbonyl (C=O) groups excluding carboxylic acids is 1. The smallest absolute Gasteiger partial charge is 0.306 e. The summed E-state index contributed by atoms with van der Waals surface area (Å²) in [6, 6.07) is 7.37. The predicted octanol–water partition coefficient (Wildman–Crippen LogP) is 2.76. The third kappa shape index (κ3) is 3.42. The lowest BCUT2D eigenvalue weighted by atomic mass is 9.73. The minimum Gasteiger partial charge on any atom is -0.481 e. The highest BCUT2D eigenvalue weighted by atomic mass is 35.5. The molecule has 2 atom stereocenters. The fourth-order valence-electron chi connectivity index (χ4n) is 3.81. The molecule has 6 heteroatoms. The second kappa shape index (κ2) is 7.11. The molecule has 1 aliphatic heterocycles. The highest BCUT2D eigenvalue weighted by Gasteiger charge is 2.43. The summed E-state index contributed by atoms with van der Waals surface area (Å²) in [7, 11) is 0. The van der Waals surface area contributed by atoms with Crippen molar-refractivity contribution < 1.29 is 19.4 Å². The predicted molar refractivity (Wildman–Crippen MR) is 90.1 cm³/mol. The minimum atomic E-state index is -0.776. The monoisotopic (exact) mass is 351 g/mol. The maximum atomic E-state index is 13.1. The normalized spacial score (nSPS) is 26.0. The van der Waals surface area contributed by atoms with Crippen LogP contribution in [0, 0.1) is 5.92 Å². The Balaban J connectivity index is 1.79. The molecule has 1 saturated heterocycles. The van der Waals surface area contributed by atoms with Gasteiger partial charge in [0, 0.05) is 24.3 Å². The summed E-state index contributed by atoms with van der Waals surface area (Å²) in [6.07, 6.45) is 3.05. The van der Waals surface area contributed by atoms with Crippen molar-refractivity contribution in [2.45, 2.75) is 43.6 Å². The van der Waals surface area contributed by atoms with Gasteiger partial charge in [-0.25, -0.2) is 0 Å². The fraction of sp³-hybridized carbons (Fsp3) is 0.556. The molecular weight excluding hydrogens is 330 g/mol. The van der Waals surface area contributed by atoms with Crippen LogP contribution in [0.5, 0.6) is 0 Å². The van der Waals surface area contributed by atoms with Crippen LogP contribution in [0.1, 0.15) is 37.7 Å². The molecule has 2 fully saturated rings. The van der Waals surface area contributed by atoms with Crippen molar-refractivity contribution in [3.05, 3.63) is 34.9 Å². The zero-order valence-corrected chi connectivity index (χ0v) is 14.2. The van der Waals surface area contributed by atoms with Crippen molar-refractivity contribution in [1.82, 2.24) is 5.32 Å². The van der Waals surface area contributed by atoms with E-state index in [1.807, 2.05) is 18.2 Å². The number of rotatable bonds is 4. The van der Waals surface area contributed by atoms with Gasteiger partial charge in [-0.2, -0.15) is 0 Å². The number of carboxylic acids is 1. The molecule has 1 aromatic rings. The Bertz CT molecular complexity index is 627. The van der Waals surface area contributed by atoms with Crippen molar-refractivity contribution >= 4 is 23.5 Å². The van der Waals surface area contributed by atoms with Gasteiger partial charge in [0.15, 0.2) is 0 Å². The first-order chi connectivity index (χ1) is 11.5. The van der Waals surface area contributed by atoms with Crippen LogP contribution in [0.4, 0.5) is 0 Å². The average molecular weight is 352 g/mol. The van der Waals surface area contributed by atoms with Crippen LogP contribution in [0.3, 0.4) is 0 Å². The lowest BCUT2D eigenvalue weighted by molar-refractivity contribution is -0.141. The third-order valence-corrected chi connectivity index (χ3v) is 5.51. The number of aliphatic carboxylic acids is 1. The van der Waals surface area contributed by atoms with Crippen LogP contribution < -0.4 is 5.32 Å². The summed E-state index contributed by atoms with van der Waals surface area (Å²) in [6.45, 7) is 1.06. The Morgan fingerprint density at radius 1 is 1.25 bits per heavy atom. The van der Waals surface area contributed by atoms with Crippen LogP contribution in [0.25, 0.3) is 0 Å². The summed E-state index contributed by atoms with van der Waals surface area (Å²) in [5, 5.41) is 12.8. The first-order valence-electron chi connectivity index (χ1n) is 8.39. The molecular formula is C18H22ClNO4. The number of carbonyl (C=O) groups is 2. The van der Waals surface area contributed by atoms with E-state index < -0.39 is 11.4 Å². The van der Waals surface area contributed by atoms with Crippen molar-refractivity contribution in [3.63, 3.8) is 0 Å². The average Bonchev–Trinajstić information content (AvgIpc) is 3.04. The molecule has 0 aromatic heterocycles. The molecule has 0 bridgehead atoms. The summed E-state index contributed by atoms with van der Waals surface area (Å²) in [5.74, 6) is -1.17. The lowest BCUT2D eigenvalue weighted by Crippen LogP contribution is -2.50. The molecule has 1 aliphatic carbocycles. The van der Waals surface area contributed by atoms with Crippen LogP contribution in [0.15, 0.2) is 24.3 Å². The molecule has 5 nitrogen and oxygen atoms in total. The molecule has 1 saturated carbocycles. The molecule has 24 heavy (non-hydrogen) atoms. The zero-order valence-electron chi connectivity index (χ0n) is 13.5. The Morgan fingerprint density at radius 2 is 2.00 bits per heavy atom. The maximum absolute atomic E-state index is 13.1. The van der Waals surface area contributed by atoms with E-state index in [0.717, 1.165) is 5.56 Å². The first-order valence-corrected chi connectivity index (χ1v) is 8.76. The number of ether oxygens (including phenoxy) is 1. The Kier molecular flexibility index (Phi) is 5.11. The van der Waals surface area contributed by atoms with Crippen LogP contribution in [-0.2, 0) is 19.7 Å². The van der Waals surface area contributed by atoms with Gasteiger partial charge in [-0.15, -0.1) is 0 Å². The molecule has 2 aliphatic rings. The molecule has 130 valence electrons. The number of amides is 1. The van der Waals surface area contributed by atoms with Gasteiger partial charge in [-0.1, -0.05) is 23.7 Å². The van der Waals surface area contributed by atoms with Crippen molar-refractivity contribution in [1.29, 1.82) is 0 Å². The quantitative estimate of drug-likeness (QED) is 0.874. The molecule has 3 rings (SSSR count). The number of nitrogens with one attached hydrogen (secondary N) is 1. The van der Waals surface area contributed by atoms with E-state index in [1.165, 1.54) is 0 Å². The topological polar surface area (TPSA) is 75.6 Å². The van der Waals surface area contributed by atoms with E-state index in [9.17, 15) is 9.59 Å². The molecule has 1 amide bonds. The lowest BCUT2D eigenvalue weighted by Gasteiger charge is -2.37. The summed E-state index contributed by atoms with van der Waals surface area (Å²) in [4.78, 5) is 24.2. The number of carboxylic acid groups (broad SMARTS) is 1. The molecule has 0 spiro atoms. The van der Waals surface area contributed by atoms with E-state index >= 15 is 0 Å². The molecule has 0 unspecified atom stereocenters. The van der Waals surface area contributed by atoms with Crippen LogP contribution in [-0.4, -0.2) is 36.2 Å². The number of benzene rings is 1. The van der Waals surface area contributed by atoms with E-state index in [4.69, 9.17) is 21.4 Å². The van der Waals surface area contributed by atoms with Crippen LogP contribution in [0.2, 0.25) is 5.02 Å². The molecule has 1 aromatic carbocycles. The molecule has 2 N–H and O–H groups in total. The van der Waals surface area contributed by atoms with Gasteiger partial charge in [0.1, 0.15) is 0 Å². The standard InChI is InChI=1S/C18H22ClNO4/c19-14-3-1-2-13(11-14)18(6-8-24-9-7-18)17(23)20-15-5-4-12(10-15)16(21)22/h1-3,11-12,15H,4-10H2,(H,20,23)(H,21,22)/t12-,15+/m0/s1. The van der Waals surface area contributed by atoms with Gasteiger partial charge in [0.05, 0.1) is 11.3 Å². The van der Waals surface area contributed by atoms with Crippen molar-refractivity contribution in [3.8, 4) is 0 Å². The van der Waals surface area contributed by atoms with Crippen LogP contribution >= 0.6 is 11.6 Å². The van der Waals surface area contributed by atoms with Gasteiger partial charge >= 0.3 is 5.97 Å². The molecule has 1 heterocycles.